The minimum Gasteiger partial charge on any atom is -0.682 e. The molecule has 1 rings (SSSR count). The molecule has 3 nitrogen and oxygen atoms in total. The second-order valence-electron chi connectivity index (χ2n) is 2.88. The molecule has 1 N–H and O–H groups in total. The van der Waals surface area contributed by atoms with Gasteiger partial charge in [0, 0.05) is 11.9 Å². The van der Waals surface area contributed by atoms with Gasteiger partial charge in [0.25, 0.3) is 0 Å². The summed E-state index contributed by atoms with van der Waals surface area (Å²) in [4.78, 5) is 0. The number of nitrogens with zero attached hydrogens (tertiary/aromatic N) is 1. The van der Waals surface area contributed by atoms with Gasteiger partial charge >= 0.3 is 29.6 Å². The van der Waals surface area contributed by atoms with Crippen LogP contribution in [0.25, 0.3) is 5.32 Å². The van der Waals surface area contributed by atoms with Gasteiger partial charge in [-0.25, -0.2) is 0 Å². The Morgan fingerprint density at radius 3 is 2.87 bits per heavy atom. The average Bonchev–Trinajstić information content (AvgIpc) is 2.26. The number of hydrogen-bond acceptors (Lipinski definition) is 3. The van der Waals surface area contributed by atoms with Crippen molar-refractivity contribution < 1.29 is 39.4 Å². The maximum absolute atomic E-state index is 9.24. The number of benzene rings is 1. The maximum Gasteiger partial charge on any atom is 1.00 e. The second kappa shape index (κ2) is 8.30. The Kier molecular flexibility index (Phi) is 8.37. The van der Waals surface area contributed by atoms with Gasteiger partial charge in [0.15, 0.2) is 0 Å². The molecule has 0 aliphatic heterocycles. The van der Waals surface area contributed by atoms with Crippen molar-refractivity contribution in [2.24, 2.45) is 0 Å². The van der Waals surface area contributed by atoms with Crippen LogP contribution in [0, 0.1) is 0 Å². The van der Waals surface area contributed by atoms with Gasteiger partial charge in [-0.05, 0) is 12.1 Å². The molecule has 0 aromatic heterocycles. The van der Waals surface area contributed by atoms with Gasteiger partial charge in [-0.1, -0.05) is 12.1 Å². The van der Waals surface area contributed by atoms with Gasteiger partial charge in [0.1, 0.15) is 5.75 Å². The van der Waals surface area contributed by atoms with E-state index in [4.69, 9.17) is 4.74 Å². The molecule has 0 aliphatic carbocycles. The SMILES string of the molecule is COc1cccc([N-]CC(O)CS)c1.[Na+]. The minimum atomic E-state index is -0.482. The molecule has 0 radical (unpaired) electrons. The van der Waals surface area contributed by atoms with Gasteiger partial charge in [-0.2, -0.15) is 12.6 Å². The van der Waals surface area contributed by atoms with E-state index in [1.807, 2.05) is 24.3 Å². The van der Waals surface area contributed by atoms with E-state index in [0.29, 0.717) is 12.3 Å². The predicted molar refractivity (Wildman–Crippen MR) is 60.7 cm³/mol. The molecule has 0 heterocycles. The number of hydrogen-bond donors (Lipinski definition) is 2. The van der Waals surface area contributed by atoms with E-state index in [1.165, 1.54) is 0 Å². The van der Waals surface area contributed by atoms with Crippen LogP contribution in [-0.4, -0.2) is 30.6 Å². The van der Waals surface area contributed by atoms with Crippen LogP contribution in [0.2, 0.25) is 0 Å². The average molecular weight is 235 g/mol. The first kappa shape index (κ1) is 15.1. The number of aliphatic hydroxyl groups is 1. The number of methoxy groups -OCH3 is 1. The van der Waals surface area contributed by atoms with Crippen LogP contribution in [-0.2, 0) is 0 Å². The summed E-state index contributed by atoms with van der Waals surface area (Å²) < 4.78 is 5.05. The fourth-order valence-electron chi connectivity index (χ4n) is 0.977. The fourth-order valence-corrected chi connectivity index (χ4v) is 1.09. The Labute approximate surface area is 118 Å². The van der Waals surface area contributed by atoms with Crippen molar-refractivity contribution in [3.8, 4) is 5.75 Å². The maximum atomic E-state index is 9.24. The molecule has 15 heavy (non-hydrogen) atoms. The molecule has 0 saturated carbocycles. The summed E-state index contributed by atoms with van der Waals surface area (Å²) in [6.45, 7) is 0.372. The number of aliphatic hydroxyl groups excluding tert-OH is 1. The third-order valence-electron chi connectivity index (χ3n) is 1.75. The molecule has 1 aromatic carbocycles. The zero-order valence-corrected chi connectivity index (χ0v) is 11.9. The van der Waals surface area contributed by atoms with Crippen LogP contribution < -0.4 is 34.3 Å². The molecule has 0 saturated heterocycles. The van der Waals surface area contributed by atoms with Gasteiger partial charge in [-0.3, -0.25) is 0 Å². The van der Waals surface area contributed by atoms with Crippen molar-refractivity contribution in [2.75, 3.05) is 19.4 Å². The van der Waals surface area contributed by atoms with Crippen molar-refractivity contribution in [1.82, 2.24) is 0 Å². The third-order valence-corrected chi connectivity index (χ3v) is 2.17. The Bertz CT molecular complexity index is 286. The molecular weight excluding hydrogens is 221 g/mol. The third kappa shape index (κ3) is 5.68. The zero-order valence-electron chi connectivity index (χ0n) is 9.05. The summed E-state index contributed by atoms with van der Waals surface area (Å²) in [6.07, 6.45) is -0.482. The van der Waals surface area contributed by atoms with Gasteiger partial charge in [0.2, 0.25) is 0 Å². The Balaban J connectivity index is 0.00000196. The van der Waals surface area contributed by atoms with Crippen LogP contribution in [0.15, 0.2) is 24.3 Å². The van der Waals surface area contributed by atoms with Crippen LogP contribution >= 0.6 is 12.6 Å². The molecule has 1 atom stereocenters. The van der Waals surface area contributed by atoms with Crippen molar-refractivity contribution >= 4 is 18.3 Å². The molecule has 5 heteroatoms. The van der Waals surface area contributed by atoms with Gasteiger partial charge in [0.05, 0.1) is 7.11 Å². The van der Waals surface area contributed by atoms with Gasteiger partial charge in [-0.15, -0.1) is 12.2 Å². The first-order chi connectivity index (χ1) is 6.76. The monoisotopic (exact) mass is 235 g/mol. The first-order valence-electron chi connectivity index (χ1n) is 4.36. The minimum absolute atomic E-state index is 0. The molecule has 1 aromatic rings. The van der Waals surface area contributed by atoms with Crippen LogP contribution in [0.3, 0.4) is 0 Å². The van der Waals surface area contributed by atoms with Gasteiger partial charge < -0.3 is 15.2 Å². The van der Waals surface area contributed by atoms with Crippen molar-refractivity contribution in [3.05, 3.63) is 29.6 Å². The summed E-state index contributed by atoms with van der Waals surface area (Å²) in [5, 5.41) is 13.5. The molecule has 0 fully saturated rings. The molecule has 0 amide bonds. The smallest absolute Gasteiger partial charge is 0.682 e. The molecule has 0 bridgehead atoms. The van der Waals surface area contributed by atoms with Crippen LogP contribution in [0.4, 0.5) is 5.69 Å². The Hall–Kier alpha value is 0.130. The molecule has 0 spiro atoms. The van der Waals surface area contributed by atoms with Crippen molar-refractivity contribution in [1.29, 1.82) is 0 Å². The summed E-state index contributed by atoms with van der Waals surface area (Å²) in [5.41, 5.74) is 0.810. The van der Waals surface area contributed by atoms with E-state index in [-0.39, 0.29) is 29.6 Å². The first-order valence-corrected chi connectivity index (χ1v) is 5.00. The molecular formula is C10H14NNaO2S. The molecule has 78 valence electrons. The summed E-state index contributed by atoms with van der Waals surface area (Å²) in [5.74, 6) is 1.19. The van der Waals surface area contributed by atoms with Crippen LogP contribution in [0.5, 0.6) is 5.75 Å². The normalized spacial score (nSPS) is 11.4. The molecule has 1 unspecified atom stereocenters. The Morgan fingerprint density at radius 2 is 2.27 bits per heavy atom. The number of ether oxygens (including phenoxy) is 1. The van der Waals surface area contributed by atoms with E-state index in [9.17, 15) is 5.11 Å². The zero-order chi connectivity index (χ0) is 10.4. The van der Waals surface area contributed by atoms with Crippen LogP contribution in [0.1, 0.15) is 0 Å². The number of thiol groups is 1. The quantitative estimate of drug-likeness (QED) is 0.507. The van der Waals surface area contributed by atoms with E-state index in [2.05, 4.69) is 17.9 Å². The topological polar surface area (TPSA) is 43.6 Å². The van der Waals surface area contributed by atoms with E-state index in [1.54, 1.807) is 7.11 Å². The number of rotatable bonds is 5. The Morgan fingerprint density at radius 1 is 1.53 bits per heavy atom. The van der Waals surface area contributed by atoms with Crippen molar-refractivity contribution in [2.45, 2.75) is 6.10 Å². The van der Waals surface area contributed by atoms with Crippen molar-refractivity contribution in [3.63, 3.8) is 0 Å². The largest absolute Gasteiger partial charge is 1.00 e. The summed E-state index contributed by atoms with van der Waals surface area (Å²) >= 11 is 3.97. The fraction of sp³-hybridized carbons (Fsp3) is 0.400. The van der Waals surface area contributed by atoms with E-state index < -0.39 is 6.10 Å². The van der Waals surface area contributed by atoms with E-state index >= 15 is 0 Å². The molecule has 0 aliphatic rings. The van der Waals surface area contributed by atoms with E-state index in [0.717, 1.165) is 11.4 Å². The predicted octanol–water partition coefficient (Wildman–Crippen LogP) is -1.00. The summed E-state index contributed by atoms with van der Waals surface area (Å²) in [6, 6.07) is 7.41. The second-order valence-corrected chi connectivity index (χ2v) is 3.24. The summed E-state index contributed by atoms with van der Waals surface area (Å²) in [7, 11) is 1.61. The standard InChI is InChI=1S/C10H14NO2S.Na/c1-13-10-4-2-3-8(5-10)11-6-9(12)7-14;/h2-5,9,12,14H,6-7H2,1H3;/q-1;+1.